The highest BCUT2D eigenvalue weighted by atomic mass is 19.5. The van der Waals surface area contributed by atoms with E-state index in [1.807, 2.05) is 0 Å². The van der Waals surface area contributed by atoms with Crippen LogP contribution in [-0.2, 0) is 0 Å². The van der Waals surface area contributed by atoms with Crippen LogP contribution >= 0.6 is 0 Å². The van der Waals surface area contributed by atoms with Crippen molar-refractivity contribution < 1.29 is 23.0 Å². The predicted molar refractivity (Wildman–Crippen MR) is 32.8 cm³/mol. The molecule has 0 heterocycles. The monoisotopic (exact) mass is 161 g/mol. The van der Waals surface area contributed by atoms with Gasteiger partial charge in [-0.2, -0.15) is 0 Å². The zero-order chi connectivity index (χ0) is 8.78. The van der Waals surface area contributed by atoms with Crippen LogP contribution in [0.2, 0.25) is 0 Å². The van der Waals surface area contributed by atoms with Crippen molar-refractivity contribution in [3.63, 3.8) is 0 Å². The topological polar surface area (TPSA) is 27.6 Å². The van der Waals surface area contributed by atoms with Gasteiger partial charge in [0.2, 0.25) is 0 Å². The summed E-state index contributed by atoms with van der Waals surface area (Å²) in [6.45, 7) is 4.25. The summed E-state index contributed by atoms with van der Waals surface area (Å²) in [4.78, 5) is 0. The fourth-order valence-corrected chi connectivity index (χ4v) is 0. The van der Waals surface area contributed by atoms with E-state index in [9.17, 15) is 17.3 Å². The van der Waals surface area contributed by atoms with Gasteiger partial charge in [-0.3, -0.25) is 0 Å². The van der Waals surface area contributed by atoms with Crippen LogP contribution in [0, 0.1) is 0 Å². The Morgan fingerprint density at radius 2 is 1.40 bits per heavy atom. The van der Waals surface area contributed by atoms with Crippen molar-refractivity contribution in [1.82, 2.24) is 0 Å². The lowest BCUT2D eigenvalue weighted by Crippen LogP contribution is -2.58. The van der Waals surface area contributed by atoms with Gasteiger partial charge in [0.1, 0.15) is 0 Å². The third kappa shape index (κ3) is 116. The Kier molecular flexibility index (Phi) is 6.86. The molecule has 1 nitrogen and oxygen atoms in total. The van der Waals surface area contributed by atoms with Crippen LogP contribution in [0.4, 0.5) is 17.3 Å². The lowest BCUT2D eigenvalue weighted by Gasteiger charge is -1.94. The average molecular weight is 161 g/mol. The molecule has 0 aromatic rings. The Hall–Kier alpha value is -0.255. The molecule has 64 valence electrons. The van der Waals surface area contributed by atoms with E-state index in [1.54, 1.807) is 0 Å². The van der Waals surface area contributed by atoms with Crippen LogP contribution in [0.15, 0.2) is 0 Å². The smallest absolute Gasteiger partial charge is 0.418 e. The van der Waals surface area contributed by atoms with Crippen LogP contribution in [0.3, 0.4) is 0 Å². The number of halogens is 4. The predicted octanol–water partition coefficient (Wildman–Crippen LogP) is 1.33. The third-order valence-corrected chi connectivity index (χ3v) is 0.697. The van der Waals surface area contributed by atoms with Crippen molar-refractivity contribution in [2.75, 3.05) is 0 Å². The van der Waals surface area contributed by atoms with Crippen LogP contribution in [0.5, 0.6) is 0 Å². The highest BCUT2D eigenvalue weighted by Crippen LogP contribution is 2.06. The van der Waals surface area contributed by atoms with Gasteiger partial charge in [-0.1, -0.05) is 6.92 Å². The molecule has 0 saturated carbocycles. The van der Waals surface area contributed by atoms with Crippen LogP contribution < -0.4 is 5.73 Å². The van der Waals surface area contributed by atoms with Gasteiger partial charge in [0.25, 0.3) is 0 Å². The molecule has 0 amide bonds. The van der Waals surface area contributed by atoms with E-state index in [4.69, 9.17) is 0 Å². The van der Waals surface area contributed by atoms with Gasteiger partial charge >= 0.3 is 7.25 Å². The molecule has 6 heteroatoms. The van der Waals surface area contributed by atoms with E-state index < -0.39 is 7.25 Å². The summed E-state index contributed by atoms with van der Waals surface area (Å²) in [6, 6.07) is 0.634. The van der Waals surface area contributed by atoms with Crippen molar-refractivity contribution >= 4 is 7.25 Å². The summed E-state index contributed by atoms with van der Waals surface area (Å²) in [5, 5.41) is 0. The van der Waals surface area contributed by atoms with Gasteiger partial charge in [0.05, 0.1) is 6.04 Å². The largest absolute Gasteiger partial charge is 0.673 e. The van der Waals surface area contributed by atoms with Crippen molar-refractivity contribution in [2.24, 2.45) is 0 Å². The van der Waals surface area contributed by atoms with Crippen molar-refractivity contribution in [3.05, 3.63) is 0 Å². The van der Waals surface area contributed by atoms with Gasteiger partial charge in [0.15, 0.2) is 0 Å². The molecule has 0 aliphatic rings. The minimum Gasteiger partial charge on any atom is -0.418 e. The molecule has 0 saturated heterocycles. The Labute approximate surface area is 57.7 Å². The van der Waals surface area contributed by atoms with E-state index in [0.717, 1.165) is 0 Å². The zero-order valence-electron chi connectivity index (χ0n) is 6.08. The maximum absolute atomic E-state index is 9.75. The van der Waals surface area contributed by atoms with Gasteiger partial charge in [-0.15, -0.1) is 0 Å². The summed E-state index contributed by atoms with van der Waals surface area (Å²) in [5.74, 6) is 0. The molecular formula is C4H12BF4N. The molecule has 1 unspecified atom stereocenters. The summed E-state index contributed by atoms with van der Waals surface area (Å²) in [5.41, 5.74) is 3.76. The standard InChI is InChI=1S/C4H11N.BF4/c1-3-4(2)5;2-1(3,4)5/h4H,3,5H2,1-2H3;/q;-1/p+1. The Bertz CT molecular complexity index is 66.1. The highest BCUT2D eigenvalue weighted by molar-refractivity contribution is 6.50. The normalized spacial score (nSPS) is 13.5. The zero-order valence-corrected chi connectivity index (χ0v) is 6.08. The lowest BCUT2D eigenvalue weighted by atomic mass is 10.3. The molecule has 0 radical (unpaired) electrons. The average Bonchev–Trinajstić information content (AvgIpc) is 1.61. The Balaban J connectivity index is 0. The first-order chi connectivity index (χ1) is 4.27. The Morgan fingerprint density at radius 3 is 1.40 bits per heavy atom. The summed E-state index contributed by atoms with van der Waals surface area (Å²) < 4.78 is 39.0. The first kappa shape index (κ1) is 12.4. The molecule has 0 aromatic carbocycles. The van der Waals surface area contributed by atoms with Crippen molar-refractivity contribution in [1.29, 1.82) is 0 Å². The lowest BCUT2D eigenvalue weighted by molar-refractivity contribution is -0.414. The van der Waals surface area contributed by atoms with E-state index in [1.165, 1.54) is 6.42 Å². The number of hydrogen-bond donors (Lipinski definition) is 1. The van der Waals surface area contributed by atoms with Gasteiger partial charge in [0, 0.05) is 0 Å². The number of quaternary nitrogens is 1. The molecule has 0 aliphatic heterocycles. The molecule has 3 N–H and O–H groups in total. The first-order valence-electron chi connectivity index (χ1n) is 2.97. The van der Waals surface area contributed by atoms with Crippen LogP contribution in [0.25, 0.3) is 0 Å². The molecule has 0 aromatic heterocycles. The fourth-order valence-electron chi connectivity index (χ4n) is 0. The summed E-state index contributed by atoms with van der Waals surface area (Å²) in [7, 11) is -6.00. The summed E-state index contributed by atoms with van der Waals surface area (Å²) >= 11 is 0. The summed E-state index contributed by atoms with van der Waals surface area (Å²) in [6.07, 6.45) is 1.19. The van der Waals surface area contributed by atoms with Gasteiger partial charge in [-0.05, 0) is 13.3 Å². The molecule has 0 rings (SSSR count). The third-order valence-electron chi connectivity index (χ3n) is 0.697. The van der Waals surface area contributed by atoms with E-state index in [0.29, 0.717) is 6.04 Å². The Morgan fingerprint density at radius 1 is 1.30 bits per heavy atom. The maximum atomic E-state index is 9.75. The quantitative estimate of drug-likeness (QED) is 0.443. The van der Waals surface area contributed by atoms with E-state index in [-0.39, 0.29) is 0 Å². The fraction of sp³-hybridized carbons (Fsp3) is 1.00. The molecule has 0 spiro atoms. The van der Waals surface area contributed by atoms with Crippen LogP contribution in [0.1, 0.15) is 20.3 Å². The van der Waals surface area contributed by atoms with E-state index in [2.05, 4.69) is 19.6 Å². The van der Waals surface area contributed by atoms with E-state index >= 15 is 0 Å². The minimum atomic E-state index is -6.00. The second kappa shape index (κ2) is 5.52. The molecule has 0 bridgehead atoms. The van der Waals surface area contributed by atoms with Gasteiger partial charge in [-0.25, -0.2) is 0 Å². The van der Waals surface area contributed by atoms with Gasteiger partial charge < -0.3 is 23.0 Å². The minimum absolute atomic E-state index is 0.634. The number of rotatable bonds is 1. The SMILES string of the molecule is CCC(C)[NH3+].F[B-](F)(F)F. The maximum Gasteiger partial charge on any atom is 0.673 e. The van der Waals surface area contributed by atoms with Crippen molar-refractivity contribution in [2.45, 2.75) is 26.3 Å². The molecular weight excluding hydrogens is 149 g/mol. The first-order valence-corrected chi connectivity index (χ1v) is 2.97. The molecule has 0 fully saturated rings. The molecule has 10 heavy (non-hydrogen) atoms. The second-order valence-electron chi connectivity index (χ2n) is 2.01. The molecule has 0 aliphatic carbocycles. The number of hydrogen-bond acceptors (Lipinski definition) is 0. The molecule has 1 atom stereocenters. The highest BCUT2D eigenvalue weighted by Gasteiger charge is 2.20. The second-order valence-corrected chi connectivity index (χ2v) is 2.01. The van der Waals surface area contributed by atoms with Crippen LogP contribution in [-0.4, -0.2) is 13.3 Å². The van der Waals surface area contributed by atoms with Crippen molar-refractivity contribution in [3.8, 4) is 0 Å².